The van der Waals surface area contributed by atoms with E-state index in [1.165, 1.54) is 11.8 Å². The SMILES string of the molecule is CC(C)CCNC(=O)NC(=O)CSc1nnc(C2CC2)n1C. The number of imide groups is 1. The van der Waals surface area contributed by atoms with Crippen LogP contribution in [0.2, 0.25) is 0 Å². The van der Waals surface area contributed by atoms with Crippen LogP contribution in [0.25, 0.3) is 0 Å². The van der Waals surface area contributed by atoms with E-state index in [2.05, 4.69) is 34.7 Å². The smallest absolute Gasteiger partial charge is 0.321 e. The predicted octanol–water partition coefficient (Wildman–Crippen LogP) is 1.66. The zero-order valence-corrected chi connectivity index (χ0v) is 14.1. The van der Waals surface area contributed by atoms with Crippen LogP contribution in [0.1, 0.15) is 44.9 Å². The quantitative estimate of drug-likeness (QED) is 0.744. The maximum atomic E-state index is 11.7. The highest BCUT2D eigenvalue weighted by Gasteiger charge is 2.29. The fourth-order valence-corrected chi connectivity index (χ4v) is 2.68. The molecular weight excluding hydrogens is 302 g/mol. The van der Waals surface area contributed by atoms with Gasteiger partial charge in [0, 0.05) is 19.5 Å². The number of aromatic nitrogens is 3. The van der Waals surface area contributed by atoms with E-state index in [-0.39, 0.29) is 11.7 Å². The summed E-state index contributed by atoms with van der Waals surface area (Å²) in [6.07, 6.45) is 3.21. The topological polar surface area (TPSA) is 88.9 Å². The molecule has 0 saturated heterocycles. The number of hydrogen-bond acceptors (Lipinski definition) is 5. The van der Waals surface area contributed by atoms with Crippen molar-refractivity contribution in [2.24, 2.45) is 13.0 Å². The third-order valence-corrected chi connectivity index (χ3v) is 4.42. The summed E-state index contributed by atoms with van der Waals surface area (Å²) in [4.78, 5) is 23.3. The highest BCUT2D eigenvalue weighted by atomic mass is 32.2. The van der Waals surface area contributed by atoms with Crippen molar-refractivity contribution in [3.63, 3.8) is 0 Å². The van der Waals surface area contributed by atoms with Crippen molar-refractivity contribution in [1.29, 1.82) is 0 Å². The lowest BCUT2D eigenvalue weighted by molar-refractivity contribution is -0.117. The Hall–Kier alpha value is -1.57. The van der Waals surface area contributed by atoms with Crippen LogP contribution in [-0.2, 0) is 11.8 Å². The van der Waals surface area contributed by atoms with Gasteiger partial charge in [-0.1, -0.05) is 25.6 Å². The van der Waals surface area contributed by atoms with Crippen LogP contribution in [0, 0.1) is 5.92 Å². The van der Waals surface area contributed by atoms with Gasteiger partial charge in [0.05, 0.1) is 5.75 Å². The third-order valence-electron chi connectivity index (χ3n) is 3.40. The number of nitrogens with one attached hydrogen (secondary N) is 2. The first kappa shape index (κ1) is 16.8. The van der Waals surface area contributed by atoms with Crippen molar-refractivity contribution >= 4 is 23.7 Å². The first-order valence-corrected chi connectivity index (χ1v) is 8.55. The molecule has 1 fully saturated rings. The molecule has 22 heavy (non-hydrogen) atoms. The van der Waals surface area contributed by atoms with Crippen molar-refractivity contribution in [2.75, 3.05) is 12.3 Å². The Balaban J connectivity index is 1.70. The molecule has 2 rings (SSSR count). The van der Waals surface area contributed by atoms with Crippen LogP contribution in [-0.4, -0.2) is 39.0 Å². The van der Waals surface area contributed by atoms with Gasteiger partial charge in [-0.3, -0.25) is 10.1 Å². The summed E-state index contributed by atoms with van der Waals surface area (Å²) in [7, 11) is 1.91. The van der Waals surface area contributed by atoms with Gasteiger partial charge in [0.15, 0.2) is 5.16 Å². The summed E-state index contributed by atoms with van der Waals surface area (Å²) in [6.45, 7) is 4.73. The second kappa shape index (κ2) is 7.62. The Bertz CT molecular complexity index is 539. The first-order chi connectivity index (χ1) is 10.5. The third kappa shape index (κ3) is 5.01. The molecule has 0 atom stereocenters. The maximum absolute atomic E-state index is 11.7. The Morgan fingerprint density at radius 2 is 2.09 bits per heavy atom. The maximum Gasteiger partial charge on any atom is 0.321 e. The lowest BCUT2D eigenvalue weighted by Gasteiger charge is -2.08. The molecule has 0 unspecified atom stereocenters. The molecule has 2 N–H and O–H groups in total. The number of rotatable bonds is 7. The fraction of sp³-hybridized carbons (Fsp3) is 0.714. The van der Waals surface area contributed by atoms with Crippen molar-refractivity contribution in [2.45, 2.75) is 44.2 Å². The second-order valence-electron chi connectivity index (χ2n) is 5.95. The number of thioether (sulfide) groups is 1. The van der Waals surface area contributed by atoms with E-state index in [0.29, 0.717) is 23.5 Å². The van der Waals surface area contributed by atoms with Crippen LogP contribution < -0.4 is 10.6 Å². The van der Waals surface area contributed by atoms with Gasteiger partial charge in [-0.05, 0) is 25.2 Å². The fourth-order valence-electron chi connectivity index (χ4n) is 1.96. The van der Waals surface area contributed by atoms with Crippen molar-refractivity contribution < 1.29 is 9.59 Å². The highest BCUT2D eigenvalue weighted by molar-refractivity contribution is 7.99. The lowest BCUT2D eigenvalue weighted by atomic mass is 10.1. The first-order valence-electron chi connectivity index (χ1n) is 7.57. The van der Waals surface area contributed by atoms with Gasteiger partial charge < -0.3 is 9.88 Å². The normalized spacial score (nSPS) is 14.2. The summed E-state index contributed by atoms with van der Waals surface area (Å²) in [5.74, 6) is 1.83. The van der Waals surface area contributed by atoms with Gasteiger partial charge in [-0.15, -0.1) is 10.2 Å². The molecule has 1 aliphatic carbocycles. The van der Waals surface area contributed by atoms with E-state index in [1.807, 2.05) is 11.6 Å². The van der Waals surface area contributed by atoms with Gasteiger partial charge in [0.2, 0.25) is 5.91 Å². The molecule has 3 amide bonds. The van der Waals surface area contributed by atoms with E-state index in [9.17, 15) is 9.59 Å². The van der Waals surface area contributed by atoms with E-state index < -0.39 is 6.03 Å². The van der Waals surface area contributed by atoms with Crippen LogP contribution in [0.5, 0.6) is 0 Å². The summed E-state index contributed by atoms with van der Waals surface area (Å²) in [6, 6.07) is -0.442. The minimum absolute atomic E-state index is 0.147. The average molecular weight is 325 g/mol. The molecule has 0 aromatic carbocycles. The molecule has 1 aromatic heterocycles. The van der Waals surface area contributed by atoms with E-state index in [4.69, 9.17) is 0 Å². The summed E-state index contributed by atoms with van der Waals surface area (Å²) >= 11 is 1.29. The molecule has 0 bridgehead atoms. The molecule has 0 aliphatic heterocycles. The van der Waals surface area contributed by atoms with Gasteiger partial charge in [0.25, 0.3) is 0 Å². The molecular formula is C14H23N5O2S. The Morgan fingerprint density at radius 3 is 2.73 bits per heavy atom. The largest absolute Gasteiger partial charge is 0.338 e. The number of carbonyl (C=O) groups is 2. The lowest BCUT2D eigenvalue weighted by Crippen LogP contribution is -2.40. The van der Waals surface area contributed by atoms with Gasteiger partial charge >= 0.3 is 6.03 Å². The Kier molecular flexibility index (Phi) is 5.82. The molecule has 0 radical (unpaired) electrons. The van der Waals surface area contributed by atoms with Crippen molar-refractivity contribution in [1.82, 2.24) is 25.4 Å². The molecule has 8 heteroatoms. The van der Waals surface area contributed by atoms with Crippen LogP contribution in [0.4, 0.5) is 4.79 Å². The summed E-state index contributed by atoms with van der Waals surface area (Å²) in [5.41, 5.74) is 0. The van der Waals surface area contributed by atoms with Crippen LogP contribution in [0.15, 0.2) is 5.16 Å². The van der Waals surface area contributed by atoms with Crippen molar-refractivity contribution in [3.8, 4) is 0 Å². The van der Waals surface area contributed by atoms with E-state index in [1.54, 1.807) is 0 Å². The van der Waals surface area contributed by atoms with Gasteiger partial charge in [-0.25, -0.2) is 4.79 Å². The zero-order chi connectivity index (χ0) is 16.1. The molecule has 1 heterocycles. The summed E-state index contributed by atoms with van der Waals surface area (Å²) in [5, 5.41) is 13.9. The monoisotopic (exact) mass is 325 g/mol. The van der Waals surface area contributed by atoms with E-state index >= 15 is 0 Å². The molecule has 1 aromatic rings. The number of amides is 3. The number of carbonyl (C=O) groups excluding carboxylic acids is 2. The standard InChI is InChI=1S/C14H23N5O2S/c1-9(2)6-7-15-13(21)16-11(20)8-22-14-18-17-12(19(14)3)10-4-5-10/h9-10H,4-8H2,1-3H3,(H2,15,16,20,21). The average Bonchev–Trinajstić information content (AvgIpc) is 3.20. The van der Waals surface area contributed by atoms with Crippen LogP contribution >= 0.6 is 11.8 Å². The molecule has 122 valence electrons. The van der Waals surface area contributed by atoms with Crippen LogP contribution in [0.3, 0.4) is 0 Å². The van der Waals surface area contributed by atoms with Gasteiger partial charge in [0.1, 0.15) is 5.82 Å². The predicted molar refractivity (Wildman–Crippen MR) is 84.7 cm³/mol. The molecule has 1 aliphatic rings. The molecule has 0 spiro atoms. The number of nitrogens with zero attached hydrogens (tertiary/aromatic N) is 3. The van der Waals surface area contributed by atoms with Crippen molar-refractivity contribution in [3.05, 3.63) is 5.82 Å². The summed E-state index contributed by atoms with van der Waals surface area (Å²) < 4.78 is 1.93. The second-order valence-corrected chi connectivity index (χ2v) is 6.89. The minimum Gasteiger partial charge on any atom is -0.338 e. The molecule has 7 nitrogen and oxygen atoms in total. The number of hydrogen-bond donors (Lipinski definition) is 2. The minimum atomic E-state index is -0.442. The molecule has 1 saturated carbocycles. The number of urea groups is 1. The highest BCUT2D eigenvalue weighted by Crippen LogP contribution is 2.39. The zero-order valence-electron chi connectivity index (χ0n) is 13.3. The Labute approximate surface area is 134 Å². The Morgan fingerprint density at radius 1 is 1.36 bits per heavy atom. The van der Waals surface area contributed by atoms with E-state index in [0.717, 1.165) is 25.1 Å². The van der Waals surface area contributed by atoms with Gasteiger partial charge in [-0.2, -0.15) is 0 Å².